The molecule has 1 N–H and O–H groups in total. The molecular weight excluding hydrogens is 341 g/mol. The van der Waals surface area contributed by atoms with Crippen LogP contribution in [0.2, 0.25) is 5.02 Å². The maximum Gasteiger partial charge on any atom is 0.142 e. The van der Waals surface area contributed by atoms with Crippen molar-refractivity contribution in [3.05, 3.63) is 68.9 Å². The van der Waals surface area contributed by atoms with E-state index in [1.165, 1.54) is 11.6 Å². The molecule has 0 radical (unpaired) electrons. The molecule has 0 bridgehead atoms. The van der Waals surface area contributed by atoms with E-state index in [9.17, 15) is 4.39 Å². The van der Waals surface area contributed by atoms with Crippen molar-refractivity contribution in [3.63, 3.8) is 0 Å². The number of hydrogen-bond acceptors (Lipinski definition) is 1. The number of halogens is 3. The lowest BCUT2D eigenvalue weighted by Crippen LogP contribution is -2.22. The molecule has 0 aliphatic rings. The minimum absolute atomic E-state index is 0.0420. The highest BCUT2D eigenvalue weighted by atomic mass is 79.9. The number of nitrogens with one attached hydrogen (secondary N) is 1. The first-order valence-corrected chi connectivity index (χ1v) is 7.61. The van der Waals surface area contributed by atoms with Crippen LogP contribution in [0.5, 0.6) is 0 Å². The molecule has 0 fully saturated rings. The predicted molar refractivity (Wildman–Crippen MR) is 85.5 cm³/mol. The van der Waals surface area contributed by atoms with Crippen LogP contribution in [0.4, 0.5) is 4.39 Å². The lowest BCUT2D eigenvalue weighted by Gasteiger charge is -2.21. The predicted octanol–water partition coefficient (Wildman–Crippen LogP) is 5.65. The summed E-state index contributed by atoms with van der Waals surface area (Å²) in [7, 11) is 0. The summed E-state index contributed by atoms with van der Waals surface area (Å²) in [6.45, 7) is 4.10. The van der Waals surface area contributed by atoms with Crippen molar-refractivity contribution in [1.29, 1.82) is 0 Å². The molecule has 0 aliphatic heterocycles. The molecule has 1 unspecified atom stereocenters. The van der Waals surface area contributed by atoms with E-state index in [0.717, 1.165) is 10.0 Å². The van der Waals surface area contributed by atoms with Gasteiger partial charge in [-0.15, -0.1) is 0 Å². The molecule has 2 aromatic rings. The average molecular weight is 357 g/mol. The van der Waals surface area contributed by atoms with Crippen LogP contribution >= 0.6 is 27.5 Å². The Kier molecular flexibility index (Phi) is 5.19. The van der Waals surface area contributed by atoms with Gasteiger partial charge in [-0.05, 0) is 49.2 Å². The van der Waals surface area contributed by atoms with Crippen LogP contribution in [0.15, 0.2) is 46.9 Å². The molecule has 4 heteroatoms. The van der Waals surface area contributed by atoms with Gasteiger partial charge in [-0.2, -0.15) is 0 Å². The molecule has 2 rings (SSSR count). The third-order valence-corrected chi connectivity index (χ3v) is 4.15. The summed E-state index contributed by atoms with van der Waals surface area (Å²) in [5, 5.41) is 3.61. The Hall–Kier alpha value is -0.900. The first kappa shape index (κ1) is 15.5. The minimum atomic E-state index is -0.380. The Morgan fingerprint density at radius 2 is 1.55 bits per heavy atom. The fourth-order valence-corrected chi connectivity index (χ4v) is 2.48. The van der Waals surface area contributed by atoms with Crippen molar-refractivity contribution in [2.45, 2.75) is 25.9 Å². The van der Waals surface area contributed by atoms with Gasteiger partial charge in [0.05, 0.1) is 5.02 Å². The molecule has 0 amide bonds. The molecule has 2 atom stereocenters. The summed E-state index contributed by atoms with van der Waals surface area (Å²) in [6, 6.07) is 13.3. The summed E-state index contributed by atoms with van der Waals surface area (Å²) in [4.78, 5) is 0. The van der Waals surface area contributed by atoms with Crippen LogP contribution in [-0.2, 0) is 0 Å². The standard InChI is InChI=1S/C16H16BrClFN/c1-10(12-3-6-14(17)7-4-12)20-11(2)13-5-8-15(18)16(19)9-13/h3-11,20H,1-2H3/t10-,11?/m1/s1. The fourth-order valence-electron chi connectivity index (χ4n) is 2.10. The molecule has 2 aromatic carbocycles. The first-order chi connectivity index (χ1) is 9.47. The molecule has 0 aliphatic carbocycles. The van der Waals surface area contributed by atoms with E-state index < -0.39 is 0 Å². The van der Waals surface area contributed by atoms with Gasteiger partial charge in [0.2, 0.25) is 0 Å². The van der Waals surface area contributed by atoms with E-state index in [1.54, 1.807) is 6.07 Å². The second-order valence-electron chi connectivity index (χ2n) is 4.84. The maximum atomic E-state index is 13.5. The van der Waals surface area contributed by atoms with E-state index in [-0.39, 0.29) is 22.9 Å². The topological polar surface area (TPSA) is 12.0 Å². The van der Waals surface area contributed by atoms with Crippen LogP contribution in [0.1, 0.15) is 37.1 Å². The molecule has 0 spiro atoms. The smallest absolute Gasteiger partial charge is 0.142 e. The second kappa shape index (κ2) is 6.70. The molecular formula is C16H16BrClFN. The SMILES string of the molecule is CC(N[C@H](C)c1ccc(Br)cc1)c1ccc(Cl)c(F)c1. The van der Waals surface area contributed by atoms with Gasteiger partial charge in [0.15, 0.2) is 0 Å². The molecule has 1 nitrogen and oxygen atoms in total. The van der Waals surface area contributed by atoms with Gasteiger partial charge in [-0.25, -0.2) is 4.39 Å². The van der Waals surface area contributed by atoms with Crippen LogP contribution < -0.4 is 5.32 Å². The number of rotatable bonds is 4. The van der Waals surface area contributed by atoms with Crippen LogP contribution in [0, 0.1) is 5.82 Å². The normalized spacial score (nSPS) is 14.1. The fraction of sp³-hybridized carbons (Fsp3) is 0.250. The maximum absolute atomic E-state index is 13.5. The van der Waals surface area contributed by atoms with Crippen molar-refractivity contribution in [1.82, 2.24) is 5.32 Å². The Morgan fingerprint density at radius 1 is 1.00 bits per heavy atom. The Balaban J connectivity index is 2.08. The van der Waals surface area contributed by atoms with E-state index in [1.807, 2.05) is 25.1 Å². The molecule has 20 heavy (non-hydrogen) atoms. The van der Waals surface area contributed by atoms with E-state index in [4.69, 9.17) is 11.6 Å². The zero-order chi connectivity index (χ0) is 14.7. The summed E-state index contributed by atoms with van der Waals surface area (Å²) in [5.41, 5.74) is 2.07. The number of hydrogen-bond donors (Lipinski definition) is 1. The molecule has 0 saturated heterocycles. The van der Waals surface area contributed by atoms with Crippen LogP contribution in [0.25, 0.3) is 0 Å². The van der Waals surface area contributed by atoms with Gasteiger partial charge in [0, 0.05) is 16.6 Å². The Morgan fingerprint density at radius 3 is 2.15 bits per heavy atom. The highest BCUT2D eigenvalue weighted by molar-refractivity contribution is 9.10. The van der Waals surface area contributed by atoms with Crippen molar-refractivity contribution in [2.75, 3.05) is 0 Å². The monoisotopic (exact) mass is 355 g/mol. The molecule has 0 aromatic heterocycles. The van der Waals surface area contributed by atoms with E-state index in [2.05, 4.69) is 40.3 Å². The summed E-state index contributed by atoms with van der Waals surface area (Å²) < 4.78 is 14.5. The third-order valence-electron chi connectivity index (χ3n) is 3.31. The van der Waals surface area contributed by atoms with Crippen molar-refractivity contribution in [3.8, 4) is 0 Å². The summed E-state index contributed by atoms with van der Waals surface area (Å²) in [6.07, 6.45) is 0. The summed E-state index contributed by atoms with van der Waals surface area (Å²) in [5.74, 6) is -0.380. The van der Waals surface area contributed by atoms with Gasteiger partial charge < -0.3 is 5.32 Å². The molecule has 0 heterocycles. The first-order valence-electron chi connectivity index (χ1n) is 6.44. The van der Waals surface area contributed by atoms with Crippen molar-refractivity contribution < 1.29 is 4.39 Å². The zero-order valence-corrected chi connectivity index (χ0v) is 13.7. The lowest BCUT2D eigenvalue weighted by atomic mass is 10.0. The Bertz CT molecular complexity index is 586. The average Bonchev–Trinajstić information content (AvgIpc) is 2.42. The van der Waals surface area contributed by atoms with Gasteiger partial charge in [0.1, 0.15) is 5.82 Å². The van der Waals surface area contributed by atoms with Crippen LogP contribution in [-0.4, -0.2) is 0 Å². The largest absolute Gasteiger partial charge is 0.304 e. The number of benzene rings is 2. The minimum Gasteiger partial charge on any atom is -0.304 e. The van der Waals surface area contributed by atoms with E-state index >= 15 is 0 Å². The summed E-state index contributed by atoms with van der Waals surface area (Å²) >= 11 is 9.12. The Labute approximate surface area is 132 Å². The highest BCUT2D eigenvalue weighted by Gasteiger charge is 2.12. The molecule has 106 valence electrons. The van der Waals surface area contributed by atoms with Gasteiger partial charge in [0.25, 0.3) is 0 Å². The van der Waals surface area contributed by atoms with Crippen molar-refractivity contribution in [2.24, 2.45) is 0 Å². The third kappa shape index (κ3) is 3.81. The van der Waals surface area contributed by atoms with Crippen molar-refractivity contribution >= 4 is 27.5 Å². The lowest BCUT2D eigenvalue weighted by molar-refractivity contribution is 0.492. The van der Waals surface area contributed by atoms with E-state index in [0.29, 0.717) is 0 Å². The molecule has 0 saturated carbocycles. The van der Waals surface area contributed by atoms with Gasteiger partial charge in [-0.3, -0.25) is 0 Å². The zero-order valence-electron chi connectivity index (χ0n) is 11.3. The van der Waals surface area contributed by atoms with Gasteiger partial charge >= 0.3 is 0 Å². The second-order valence-corrected chi connectivity index (χ2v) is 6.16. The quantitative estimate of drug-likeness (QED) is 0.746. The van der Waals surface area contributed by atoms with Crippen LogP contribution in [0.3, 0.4) is 0 Å². The van der Waals surface area contributed by atoms with Gasteiger partial charge in [-0.1, -0.05) is 45.7 Å². The highest BCUT2D eigenvalue weighted by Crippen LogP contribution is 2.23.